The number of hydrogen-bond donors (Lipinski definition) is 3. The van der Waals surface area contributed by atoms with Crippen molar-refractivity contribution in [3.05, 3.63) is 89.2 Å². The summed E-state index contributed by atoms with van der Waals surface area (Å²) in [6, 6.07) is 7.33. The quantitative estimate of drug-likeness (QED) is 0.278. The first-order chi connectivity index (χ1) is 14.3. The maximum absolute atomic E-state index is 14.2. The van der Waals surface area contributed by atoms with Crippen LogP contribution in [0.3, 0.4) is 0 Å². The van der Waals surface area contributed by atoms with Crippen molar-refractivity contribution in [3.8, 4) is 6.07 Å². The molecule has 0 atom stereocenters. The van der Waals surface area contributed by atoms with Crippen molar-refractivity contribution in [1.29, 1.82) is 10.7 Å². The zero-order valence-electron chi connectivity index (χ0n) is 16.5. The molecule has 0 bridgehead atoms. The largest absolute Gasteiger partial charge is 0.501 e. The van der Waals surface area contributed by atoms with E-state index >= 15 is 0 Å². The summed E-state index contributed by atoms with van der Waals surface area (Å²) >= 11 is 0. The lowest BCUT2D eigenvalue weighted by Crippen LogP contribution is -2.16. The standard InChI is InChI=1S/C22H20FN5O2/c1-4-5-14(10-13(2)30-3)21(26)17-11-15(6-7-18(17)25)28-22(29)16-8-9-27-19(12-24)20(16)23/h4-11,26H,1,25H2,2-3H3,(H,28,29)/b13-10+,14-5+,26-21?. The molecule has 30 heavy (non-hydrogen) atoms. The summed E-state index contributed by atoms with van der Waals surface area (Å²) in [6.07, 6.45) is 6.00. The normalized spacial score (nSPS) is 11.4. The first-order valence-electron chi connectivity index (χ1n) is 8.72. The van der Waals surface area contributed by atoms with Crippen LogP contribution in [0.25, 0.3) is 0 Å². The number of nitrogen functional groups attached to an aromatic ring is 1. The zero-order chi connectivity index (χ0) is 22.3. The fraction of sp³-hybridized carbons (Fsp3) is 0.0909. The topological polar surface area (TPSA) is 125 Å². The van der Waals surface area contributed by atoms with E-state index in [0.29, 0.717) is 28.3 Å². The molecule has 1 heterocycles. The predicted octanol–water partition coefficient (Wildman–Crippen LogP) is 3.96. The summed E-state index contributed by atoms with van der Waals surface area (Å²) in [7, 11) is 1.52. The number of carbonyl (C=O) groups excluding carboxylic acids is 1. The Morgan fingerprint density at radius 2 is 2.13 bits per heavy atom. The number of ether oxygens (including phenoxy) is 1. The van der Waals surface area contributed by atoms with E-state index < -0.39 is 17.4 Å². The van der Waals surface area contributed by atoms with Crippen molar-refractivity contribution in [3.63, 3.8) is 0 Å². The second-order valence-electron chi connectivity index (χ2n) is 6.08. The minimum atomic E-state index is -1.00. The average molecular weight is 405 g/mol. The van der Waals surface area contributed by atoms with Crippen LogP contribution in [0.15, 0.2) is 66.6 Å². The molecule has 0 saturated carbocycles. The number of allylic oxidation sites excluding steroid dienone is 5. The van der Waals surface area contributed by atoms with Crippen LogP contribution in [0.4, 0.5) is 15.8 Å². The summed E-state index contributed by atoms with van der Waals surface area (Å²) in [5, 5.41) is 19.9. The van der Waals surface area contributed by atoms with Crippen molar-refractivity contribution in [2.45, 2.75) is 6.92 Å². The molecule has 1 aromatic heterocycles. The van der Waals surface area contributed by atoms with E-state index in [2.05, 4.69) is 16.9 Å². The molecule has 0 aliphatic heterocycles. The average Bonchev–Trinajstić information content (AvgIpc) is 2.74. The van der Waals surface area contributed by atoms with E-state index in [1.807, 2.05) is 0 Å². The number of nitrogens with zero attached hydrogens (tertiary/aromatic N) is 2. The number of amides is 1. The number of benzene rings is 1. The lowest BCUT2D eigenvalue weighted by molar-refractivity contribution is 0.102. The van der Waals surface area contributed by atoms with Gasteiger partial charge in [-0.2, -0.15) is 5.26 Å². The minimum absolute atomic E-state index is 0.0850. The van der Waals surface area contributed by atoms with Crippen LogP contribution in [0.1, 0.15) is 28.5 Å². The molecule has 8 heteroatoms. The van der Waals surface area contributed by atoms with Crippen LogP contribution in [0.5, 0.6) is 0 Å². The van der Waals surface area contributed by atoms with Gasteiger partial charge in [0, 0.05) is 28.7 Å². The molecule has 2 rings (SSSR count). The first kappa shape index (κ1) is 22.0. The Morgan fingerprint density at radius 3 is 2.77 bits per heavy atom. The molecule has 0 aliphatic rings. The van der Waals surface area contributed by atoms with Crippen molar-refractivity contribution >= 4 is 23.0 Å². The van der Waals surface area contributed by atoms with E-state index in [1.54, 1.807) is 25.1 Å². The summed E-state index contributed by atoms with van der Waals surface area (Å²) in [4.78, 5) is 16.0. The molecule has 1 aromatic carbocycles. The van der Waals surface area contributed by atoms with Gasteiger partial charge in [-0.3, -0.25) is 10.2 Å². The minimum Gasteiger partial charge on any atom is -0.501 e. The molecule has 0 spiro atoms. The van der Waals surface area contributed by atoms with Gasteiger partial charge in [-0.15, -0.1) is 0 Å². The third-order valence-corrected chi connectivity index (χ3v) is 4.09. The first-order valence-corrected chi connectivity index (χ1v) is 8.72. The summed E-state index contributed by atoms with van der Waals surface area (Å²) in [6.45, 7) is 5.39. The highest BCUT2D eigenvalue weighted by Gasteiger charge is 2.17. The number of nitrogens with two attached hydrogens (primary N) is 1. The fourth-order valence-corrected chi connectivity index (χ4v) is 2.51. The van der Waals surface area contributed by atoms with Gasteiger partial charge in [0.25, 0.3) is 5.91 Å². The van der Waals surface area contributed by atoms with E-state index in [4.69, 9.17) is 21.1 Å². The molecule has 0 aliphatic carbocycles. The number of halogens is 1. The predicted molar refractivity (Wildman–Crippen MR) is 114 cm³/mol. The van der Waals surface area contributed by atoms with E-state index in [0.717, 1.165) is 0 Å². The van der Waals surface area contributed by atoms with Gasteiger partial charge in [-0.25, -0.2) is 9.37 Å². The molecule has 0 unspecified atom stereocenters. The van der Waals surface area contributed by atoms with Crippen LogP contribution in [-0.2, 0) is 4.74 Å². The molecular formula is C22H20FN5O2. The maximum atomic E-state index is 14.2. The molecule has 152 valence electrons. The Balaban J connectivity index is 2.39. The number of pyridine rings is 1. The Bertz CT molecular complexity index is 1110. The van der Waals surface area contributed by atoms with Gasteiger partial charge in [-0.05, 0) is 37.3 Å². The van der Waals surface area contributed by atoms with Crippen LogP contribution >= 0.6 is 0 Å². The summed E-state index contributed by atoms with van der Waals surface area (Å²) < 4.78 is 19.3. The van der Waals surface area contributed by atoms with E-state index in [1.165, 1.54) is 43.6 Å². The Kier molecular flexibility index (Phi) is 7.20. The summed E-state index contributed by atoms with van der Waals surface area (Å²) in [5.74, 6) is -1.18. The number of rotatable bonds is 7. The molecule has 7 nitrogen and oxygen atoms in total. The molecule has 1 amide bonds. The van der Waals surface area contributed by atoms with Crippen molar-refractivity contribution in [2.24, 2.45) is 0 Å². The second kappa shape index (κ2) is 9.80. The third kappa shape index (κ3) is 4.97. The van der Waals surface area contributed by atoms with Crippen LogP contribution in [0, 0.1) is 22.6 Å². The molecule has 0 fully saturated rings. The maximum Gasteiger partial charge on any atom is 0.258 e. The second-order valence-corrected chi connectivity index (χ2v) is 6.08. The number of nitriles is 1. The Labute approximate surface area is 173 Å². The van der Waals surface area contributed by atoms with Crippen molar-refractivity contribution < 1.29 is 13.9 Å². The lowest BCUT2D eigenvalue weighted by Gasteiger charge is -2.13. The van der Waals surface area contributed by atoms with Gasteiger partial charge in [-0.1, -0.05) is 18.7 Å². The van der Waals surface area contributed by atoms with Gasteiger partial charge < -0.3 is 15.8 Å². The molecule has 0 saturated heterocycles. The van der Waals surface area contributed by atoms with Gasteiger partial charge >= 0.3 is 0 Å². The Hall–Kier alpha value is -4.25. The molecule has 4 N–H and O–H groups in total. The molecule has 2 aromatic rings. The monoisotopic (exact) mass is 405 g/mol. The van der Waals surface area contributed by atoms with Crippen LogP contribution in [0.2, 0.25) is 0 Å². The molecular weight excluding hydrogens is 385 g/mol. The number of anilines is 2. The lowest BCUT2D eigenvalue weighted by atomic mass is 9.99. The van der Waals surface area contributed by atoms with Gasteiger partial charge in [0.05, 0.1) is 24.1 Å². The number of carbonyl (C=O) groups is 1. The number of hydrogen-bond acceptors (Lipinski definition) is 6. The molecule has 0 radical (unpaired) electrons. The number of nitrogens with one attached hydrogen (secondary N) is 2. The van der Waals surface area contributed by atoms with Gasteiger partial charge in [0.1, 0.15) is 6.07 Å². The van der Waals surface area contributed by atoms with Crippen molar-refractivity contribution in [2.75, 3.05) is 18.2 Å². The summed E-state index contributed by atoms with van der Waals surface area (Å²) in [5.41, 5.74) is 6.80. The van der Waals surface area contributed by atoms with Crippen molar-refractivity contribution in [1.82, 2.24) is 4.98 Å². The van der Waals surface area contributed by atoms with Crippen LogP contribution < -0.4 is 11.1 Å². The smallest absolute Gasteiger partial charge is 0.258 e. The highest BCUT2D eigenvalue weighted by atomic mass is 19.1. The number of aromatic nitrogens is 1. The van der Waals surface area contributed by atoms with E-state index in [-0.39, 0.29) is 11.3 Å². The Morgan fingerprint density at radius 1 is 1.40 bits per heavy atom. The van der Waals surface area contributed by atoms with E-state index in [9.17, 15) is 9.18 Å². The number of methoxy groups -OCH3 is 1. The van der Waals surface area contributed by atoms with Gasteiger partial charge in [0.2, 0.25) is 0 Å². The highest BCUT2D eigenvalue weighted by Crippen LogP contribution is 2.23. The zero-order valence-corrected chi connectivity index (χ0v) is 16.5. The fourth-order valence-electron chi connectivity index (χ4n) is 2.51. The third-order valence-electron chi connectivity index (χ3n) is 4.09. The SMILES string of the molecule is C=C/C=C(\C=C(/C)OC)C(=N)c1cc(NC(=O)c2ccnc(C#N)c2F)ccc1N. The highest BCUT2D eigenvalue weighted by molar-refractivity contribution is 6.16. The van der Waals surface area contributed by atoms with Gasteiger partial charge in [0.15, 0.2) is 11.5 Å². The van der Waals surface area contributed by atoms with Crippen LogP contribution in [-0.4, -0.2) is 23.7 Å².